The van der Waals surface area contributed by atoms with Gasteiger partial charge in [0, 0.05) is 31.7 Å². The van der Waals surface area contributed by atoms with Crippen LogP contribution in [0.3, 0.4) is 0 Å². The molecule has 0 bridgehead atoms. The molecule has 1 fully saturated rings. The Bertz CT molecular complexity index is 393. The van der Waals surface area contributed by atoms with Crippen molar-refractivity contribution in [2.24, 2.45) is 0 Å². The van der Waals surface area contributed by atoms with Gasteiger partial charge in [-0.3, -0.25) is 4.90 Å². The molecule has 1 aromatic carbocycles. The van der Waals surface area contributed by atoms with E-state index in [1.165, 1.54) is 0 Å². The Labute approximate surface area is 127 Å². The molecule has 1 saturated heterocycles. The lowest BCUT2D eigenvalue weighted by molar-refractivity contribution is 0.145. The molecule has 1 aliphatic heterocycles. The topological polar surface area (TPSA) is 33.7 Å². The van der Waals surface area contributed by atoms with E-state index in [0.717, 1.165) is 31.1 Å². The second-order valence-corrected chi connectivity index (χ2v) is 5.23. The van der Waals surface area contributed by atoms with Gasteiger partial charge in [0.1, 0.15) is 6.61 Å². The van der Waals surface area contributed by atoms with Gasteiger partial charge in [-0.2, -0.15) is 0 Å². The summed E-state index contributed by atoms with van der Waals surface area (Å²) in [7, 11) is 1.67. The Morgan fingerprint density at radius 1 is 1.15 bits per heavy atom. The molecule has 1 aliphatic rings. The van der Waals surface area contributed by atoms with Crippen LogP contribution in [0.4, 0.5) is 0 Å². The molecule has 0 aliphatic carbocycles. The molecule has 20 heavy (non-hydrogen) atoms. The lowest BCUT2D eigenvalue weighted by Crippen LogP contribution is -2.54. The van der Waals surface area contributed by atoms with Crippen LogP contribution in [0, 0.1) is 0 Å². The summed E-state index contributed by atoms with van der Waals surface area (Å²) in [5.41, 5.74) is 0. The molecule has 0 spiro atoms. The highest BCUT2D eigenvalue weighted by molar-refractivity contribution is 5.85. The van der Waals surface area contributed by atoms with E-state index in [-0.39, 0.29) is 12.4 Å². The van der Waals surface area contributed by atoms with E-state index >= 15 is 0 Å². The summed E-state index contributed by atoms with van der Waals surface area (Å²) >= 11 is 0. The largest absolute Gasteiger partial charge is 0.493 e. The summed E-state index contributed by atoms with van der Waals surface area (Å²) in [4.78, 5) is 2.45. The number of methoxy groups -OCH3 is 1. The van der Waals surface area contributed by atoms with Gasteiger partial charge in [0.2, 0.25) is 0 Å². The summed E-state index contributed by atoms with van der Waals surface area (Å²) in [6, 6.07) is 8.88. The van der Waals surface area contributed by atoms with Gasteiger partial charge in [-0.25, -0.2) is 0 Å². The van der Waals surface area contributed by atoms with E-state index in [0.29, 0.717) is 18.7 Å². The van der Waals surface area contributed by atoms with Gasteiger partial charge in [0.15, 0.2) is 11.5 Å². The van der Waals surface area contributed by atoms with Gasteiger partial charge in [-0.1, -0.05) is 12.1 Å². The second kappa shape index (κ2) is 8.35. The number of hydrogen-bond acceptors (Lipinski definition) is 4. The summed E-state index contributed by atoms with van der Waals surface area (Å²) in [5.74, 6) is 1.62. The van der Waals surface area contributed by atoms with Gasteiger partial charge in [-0.15, -0.1) is 12.4 Å². The number of ether oxygens (including phenoxy) is 2. The number of rotatable bonds is 5. The predicted molar refractivity (Wildman–Crippen MR) is 84.2 cm³/mol. The molecule has 1 aromatic rings. The molecular formula is C15H25ClN2O2. The first-order valence-corrected chi connectivity index (χ1v) is 6.93. The Balaban J connectivity index is 0.00000200. The number of benzene rings is 1. The van der Waals surface area contributed by atoms with Crippen LogP contribution in [-0.2, 0) is 0 Å². The van der Waals surface area contributed by atoms with Gasteiger partial charge >= 0.3 is 0 Å². The van der Waals surface area contributed by atoms with Crippen molar-refractivity contribution in [3.8, 4) is 11.5 Å². The van der Waals surface area contributed by atoms with Crippen molar-refractivity contribution in [3.63, 3.8) is 0 Å². The first-order chi connectivity index (χ1) is 9.19. The van der Waals surface area contributed by atoms with Crippen LogP contribution in [-0.4, -0.2) is 50.3 Å². The Kier molecular flexibility index (Phi) is 7.13. The van der Waals surface area contributed by atoms with Crippen molar-refractivity contribution in [3.05, 3.63) is 24.3 Å². The van der Waals surface area contributed by atoms with E-state index in [9.17, 15) is 0 Å². The van der Waals surface area contributed by atoms with Crippen LogP contribution in [0.5, 0.6) is 11.5 Å². The molecular weight excluding hydrogens is 276 g/mol. The lowest BCUT2D eigenvalue weighted by atomic mass is 10.1. The van der Waals surface area contributed by atoms with Gasteiger partial charge in [0.05, 0.1) is 7.11 Å². The summed E-state index contributed by atoms with van der Waals surface area (Å²) in [5, 5.41) is 3.53. The van der Waals surface area contributed by atoms with Crippen LogP contribution in [0.2, 0.25) is 0 Å². The molecule has 2 unspecified atom stereocenters. The number of piperazine rings is 1. The number of hydrogen-bond donors (Lipinski definition) is 1. The van der Waals surface area contributed by atoms with E-state index in [1.54, 1.807) is 7.11 Å². The normalized spacial score (nSPS) is 22.9. The van der Waals surface area contributed by atoms with Crippen molar-refractivity contribution >= 4 is 12.4 Å². The molecule has 0 radical (unpaired) electrons. The molecule has 0 saturated carbocycles. The number of nitrogens with zero attached hydrogens (tertiary/aromatic N) is 1. The molecule has 2 atom stereocenters. The minimum absolute atomic E-state index is 0. The third-order valence-corrected chi connectivity index (χ3v) is 3.37. The first-order valence-electron chi connectivity index (χ1n) is 6.93. The van der Waals surface area contributed by atoms with Crippen molar-refractivity contribution in [1.82, 2.24) is 10.2 Å². The quantitative estimate of drug-likeness (QED) is 0.904. The first kappa shape index (κ1) is 17.1. The zero-order chi connectivity index (χ0) is 13.7. The van der Waals surface area contributed by atoms with Gasteiger partial charge < -0.3 is 14.8 Å². The van der Waals surface area contributed by atoms with Gasteiger partial charge in [0.25, 0.3) is 0 Å². The number of nitrogens with one attached hydrogen (secondary N) is 1. The van der Waals surface area contributed by atoms with E-state index in [1.807, 2.05) is 24.3 Å². The Morgan fingerprint density at radius 3 is 2.35 bits per heavy atom. The minimum atomic E-state index is 0. The molecule has 1 heterocycles. The highest BCUT2D eigenvalue weighted by atomic mass is 35.5. The third-order valence-electron chi connectivity index (χ3n) is 3.37. The monoisotopic (exact) mass is 300 g/mol. The molecule has 4 nitrogen and oxygen atoms in total. The smallest absolute Gasteiger partial charge is 0.161 e. The summed E-state index contributed by atoms with van der Waals surface area (Å²) in [6.07, 6.45) is 0. The predicted octanol–water partition coefficient (Wildman–Crippen LogP) is 2.18. The molecule has 2 rings (SSSR count). The van der Waals surface area contributed by atoms with E-state index in [4.69, 9.17) is 9.47 Å². The van der Waals surface area contributed by atoms with Crippen LogP contribution >= 0.6 is 12.4 Å². The van der Waals surface area contributed by atoms with Crippen molar-refractivity contribution < 1.29 is 9.47 Å². The maximum Gasteiger partial charge on any atom is 0.161 e. The summed E-state index contributed by atoms with van der Waals surface area (Å²) in [6.45, 7) is 8.26. The van der Waals surface area contributed by atoms with Crippen LogP contribution in [0.1, 0.15) is 13.8 Å². The van der Waals surface area contributed by atoms with Crippen molar-refractivity contribution in [2.75, 3.05) is 33.4 Å². The number of halogens is 1. The SMILES string of the molecule is COc1ccccc1OCCN1CC(C)NC(C)C1.Cl. The molecule has 0 aromatic heterocycles. The summed E-state index contributed by atoms with van der Waals surface area (Å²) < 4.78 is 11.1. The average Bonchev–Trinajstić information content (AvgIpc) is 2.38. The zero-order valence-corrected chi connectivity index (χ0v) is 13.3. The van der Waals surface area contributed by atoms with Crippen molar-refractivity contribution in [2.45, 2.75) is 25.9 Å². The van der Waals surface area contributed by atoms with Crippen molar-refractivity contribution in [1.29, 1.82) is 0 Å². The third kappa shape index (κ3) is 4.85. The maximum absolute atomic E-state index is 5.81. The minimum Gasteiger partial charge on any atom is -0.493 e. The van der Waals surface area contributed by atoms with Crippen LogP contribution in [0.15, 0.2) is 24.3 Å². The maximum atomic E-state index is 5.81. The van der Waals surface area contributed by atoms with E-state index in [2.05, 4.69) is 24.1 Å². The standard InChI is InChI=1S/C15H24N2O2.ClH/c1-12-10-17(11-13(2)16-12)8-9-19-15-7-5-4-6-14(15)18-3;/h4-7,12-13,16H,8-11H2,1-3H3;1H. The molecule has 0 amide bonds. The molecule has 1 N–H and O–H groups in total. The molecule has 5 heteroatoms. The van der Waals surface area contributed by atoms with E-state index < -0.39 is 0 Å². The Morgan fingerprint density at radius 2 is 1.75 bits per heavy atom. The fourth-order valence-corrected chi connectivity index (χ4v) is 2.65. The Hall–Kier alpha value is -0.970. The average molecular weight is 301 g/mol. The fraction of sp³-hybridized carbons (Fsp3) is 0.600. The van der Waals surface area contributed by atoms with Gasteiger partial charge in [-0.05, 0) is 26.0 Å². The van der Waals surface area contributed by atoms with Crippen LogP contribution < -0.4 is 14.8 Å². The highest BCUT2D eigenvalue weighted by Gasteiger charge is 2.20. The lowest BCUT2D eigenvalue weighted by Gasteiger charge is -2.36. The molecule has 114 valence electrons. The fourth-order valence-electron chi connectivity index (χ4n) is 2.65. The second-order valence-electron chi connectivity index (χ2n) is 5.23. The highest BCUT2D eigenvalue weighted by Crippen LogP contribution is 2.25. The number of para-hydroxylation sites is 2. The van der Waals surface area contributed by atoms with Crippen LogP contribution in [0.25, 0.3) is 0 Å². The zero-order valence-electron chi connectivity index (χ0n) is 12.5.